The molecule has 0 fully saturated rings. The topological polar surface area (TPSA) is 58.6 Å². The maximum atomic E-state index is 11.0. The van der Waals surface area contributed by atoms with E-state index in [0.29, 0.717) is 30.5 Å². The third-order valence-corrected chi connectivity index (χ3v) is 2.36. The molecular weight excluding hydrogens is 254 g/mol. The number of hydrogen-bond acceptors (Lipinski definition) is 3. The van der Waals surface area contributed by atoms with Gasteiger partial charge in [-0.1, -0.05) is 23.8 Å². The summed E-state index contributed by atoms with van der Waals surface area (Å²) in [7, 11) is 0. The van der Waals surface area contributed by atoms with Crippen LogP contribution in [0, 0.1) is 0 Å². The molecule has 1 aromatic carbocycles. The van der Waals surface area contributed by atoms with Gasteiger partial charge in [0.1, 0.15) is 0 Å². The van der Waals surface area contributed by atoms with Crippen LogP contribution in [0.2, 0.25) is 5.02 Å². The second kappa shape index (κ2) is 7.03. The zero-order valence-electron chi connectivity index (χ0n) is 10.2. The maximum absolute atomic E-state index is 11.0. The van der Waals surface area contributed by atoms with Crippen molar-refractivity contribution in [2.24, 2.45) is 0 Å². The van der Waals surface area contributed by atoms with Crippen LogP contribution in [0.4, 0.5) is 5.69 Å². The molecule has 0 saturated carbocycles. The molecule has 1 rings (SSSR count). The average Bonchev–Trinajstić information content (AvgIpc) is 2.27. The molecule has 0 aliphatic rings. The molecule has 4 nitrogen and oxygen atoms in total. The average molecular weight is 270 g/mol. The van der Waals surface area contributed by atoms with Gasteiger partial charge in [0.25, 0.3) is 0 Å². The fraction of sp³-hybridized carbons (Fsp3) is 0.308. The van der Waals surface area contributed by atoms with Gasteiger partial charge in [0, 0.05) is 11.6 Å². The molecule has 2 N–H and O–H groups in total. The zero-order valence-corrected chi connectivity index (χ0v) is 11.0. The Kier molecular flexibility index (Phi) is 5.68. The largest absolute Gasteiger partial charge is 0.478 e. The number of benzene rings is 1. The van der Waals surface area contributed by atoms with Crippen molar-refractivity contribution in [2.45, 2.75) is 6.92 Å². The molecule has 5 heteroatoms. The van der Waals surface area contributed by atoms with Gasteiger partial charge >= 0.3 is 5.97 Å². The highest BCUT2D eigenvalue weighted by molar-refractivity contribution is 6.31. The van der Waals surface area contributed by atoms with Gasteiger partial charge in [-0.05, 0) is 25.1 Å². The first-order valence-electron chi connectivity index (χ1n) is 5.49. The van der Waals surface area contributed by atoms with E-state index in [0.717, 1.165) is 5.57 Å². The second-order valence-electron chi connectivity index (χ2n) is 3.93. The lowest BCUT2D eigenvalue weighted by molar-refractivity contribution is 0.0698. The predicted octanol–water partition coefficient (Wildman–Crippen LogP) is 3.04. The number of carbonyl (C=O) groups is 1. The molecule has 98 valence electrons. The molecule has 1 aromatic rings. The molecule has 18 heavy (non-hydrogen) atoms. The fourth-order valence-electron chi connectivity index (χ4n) is 1.35. The van der Waals surface area contributed by atoms with Crippen LogP contribution in [0.3, 0.4) is 0 Å². The van der Waals surface area contributed by atoms with Crippen LogP contribution in [0.25, 0.3) is 0 Å². The van der Waals surface area contributed by atoms with E-state index in [1.165, 1.54) is 6.07 Å². The van der Waals surface area contributed by atoms with E-state index in [4.69, 9.17) is 21.4 Å². The van der Waals surface area contributed by atoms with E-state index < -0.39 is 5.97 Å². The minimum atomic E-state index is -0.989. The number of carboxylic acids is 1. The van der Waals surface area contributed by atoms with Crippen molar-refractivity contribution in [1.29, 1.82) is 0 Å². The SMILES string of the molecule is C=C(C)COCCNc1cc(Cl)ccc1C(=O)O. The molecule has 0 radical (unpaired) electrons. The normalized spacial score (nSPS) is 10.1. The standard InChI is InChI=1S/C13H16ClNO3/c1-9(2)8-18-6-5-15-12-7-10(14)3-4-11(12)13(16)17/h3-4,7,15H,1,5-6,8H2,2H3,(H,16,17). The number of anilines is 1. The van der Waals surface area contributed by atoms with E-state index in [1.54, 1.807) is 12.1 Å². The molecule has 0 aliphatic heterocycles. The molecule has 0 spiro atoms. The summed E-state index contributed by atoms with van der Waals surface area (Å²) in [4.78, 5) is 11.0. The van der Waals surface area contributed by atoms with Crippen LogP contribution in [0.15, 0.2) is 30.4 Å². The monoisotopic (exact) mass is 269 g/mol. The molecule has 0 heterocycles. The third-order valence-electron chi connectivity index (χ3n) is 2.12. The first-order chi connectivity index (χ1) is 8.50. The van der Waals surface area contributed by atoms with Crippen LogP contribution in [-0.2, 0) is 4.74 Å². The van der Waals surface area contributed by atoms with Gasteiger partial charge < -0.3 is 15.2 Å². The Bertz CT molecular complexity index is 446. The number of aromatic carboxylic acids is 1. The van der Waals surface area contributed by atoms with Gasteiger partial charge in [-0.15, -0.1) is 0 Å². The van der Waals surface area contributed by atoms with E-state index in [2.05, 4.69) is 11.9 Å². The van der Waals surface area contributed by atoms with Crippen LogP contribution < -0.4 is 5.32 Å². The van der Waals surface area contributed by atoms with Gasteiger partial charge in [-0.3, -0.25) is 0 Å². The van der Waals surface area contributed by atoms with Crippen molar-refractivity contribution in [1.82, 2.24) is 0 Å². The highest BCUT2D eigenvalue weighted by atomic mass is 35.5. The van der Waals surface area contributed by atoms with E-state index >= 15 is 0 Å². The summed E-state index contributed by atoms with van der Waals surface area (Å²) in [5, 5.41) is 12.5. The Morgan fingerprint density at radius 1 is 1.56 bits per heavy atom. The summed E-state index contributed by atoms with van der Waals surface area (Å²) in [6.07, 6.45) is 0. The maximum Gasteiger partial charge on any atom is 0.337 e. The Labute approximate surface area is 111 Å². The summed E-state index contributed by atoms with van der Waals surface area (Å²) in [5.41, 5.74) is 1.64. The van der Waals surface area contributed by atoms with Crippen molar-refractivity contribution in [2.75, 3.05) is 25.1 Å². The number of hydrogen-bond donors (Lipinski definition) is 2. The van der Waals surface area contributed by atoms with Crippen molar-refractivity contribution < 1.29 is 14.6 Å². The third kappa shape index (κ3) is 4.77. The van der Waals surface area contributed by atoms with Crippen LogP contribution in [0.5, 0.6) is 0 Å². The number of ether oxygens (including phenoxy) is 1. The lowest BCUT2D eigenvalue weighted by atomic mass is 10.2. The first-order valence-corrected chi connectivity index (χ1v) is 5.87. The van der Waals surface area contributed by atoms with Crippen molar-refractivity contribution in [3.05, 3.63) is 40.9 Å². The Morgan fingerprint density at radius 2 is 2.28 bits per heavy atom. The smallest absolute Gasteiger partial charge is 0.337 e. The van der Waals surface area contributed by atoms with Gasteiger partial charge in [0.05, 0.1) is 24.5 Å². The number of carboxylic acid groups (broad SMARTS) is 1. The lowest BCUT2D eigenvalue weighted by Crippen LogP contribution is -2.13. The van der Waals surface area contributed by atoms with Crippen LogP contribution in [-0.4, -0.2) is 30.8 Å². The predicted molar refractivity (Wildman–Crippen MR) is 72.5 cm³/mol. The fourth-order valence-corrected chi connectivity index (χ4v) is 1.53. The van der Waals surface area contributed by atoms with Gasteiger partial charge in [0.15, 0.2) is 0 Å². The molecule has 0 amide bonds. The van der Waals surface area contributed by atoms with Crippen molar-refractivity contribution in [3.63, 3.8) is 0 Å². The summed E-state index contributed by atoms with van der Waals surface area (Å²) in [6, 6.07) is 4.61. The number of nitrogens with one attached hydrogen (secondary N) is 1. The van der Waals surface area contributed by atoms with Gasteiger partial charge in [-0.25, -0.2) is 4.79 Å². The lowest BCUT2D eigenvalue weighted by Gasteiger charge is -2.10. The quantitative estimate of drug-likeness (QED) is 0.590. The first kappa shape index (κ1) is 14.5. The summed E-state index contributed by atoms with van der Waals surface area (Å²) >= 11 is 5.83. The Morgan fingerprint density at radius 3 is 2.89 bits per heavy atom. The van der Waals surface area contributed by atoms with Crippen LogP contribution >= 0.6 is 11.6 Å². The van der Waals surface area contributed by atoms with Gasteiger partial charge in [-0.2, -0.15) is 0 Å². The highest BCUT2D eigenvalue weighted by Crippen LogP contribution is 2.20. The Hall–Kier alpha value is -1.52. The molecule has 0 aromatic heterocycles. The molecule has 0 atom stereocenters. The minimum absolute atomic E-state index is 0.194. The van der Waals surface area contributed by atoms with Crippen molar-refractivity contribution >= 4 is 23.3 Å². The second-order valence-corrected chi connectivity index (χ2v) is 4.37. The zero-order chi connectivity index (χ0) is 13.5. The molecule has 0 bridgehead atoms. The van der Waals surface area contributed by atoms with Crippen molar-refractivity contribution in [3.8, 4) is 0 Å². The molecule has 0 unspecified atom stereocenters. The minimum Gasteiger partial charge on any atom is -0.478 e. The van der Waals surface area contributed by atoms with E-state index in [1.807, 2.05) is 6.92 Å². The Balaban J connectivity index is 2.53. The van der Waals surface area contributed by atoms with Crippen LogP contribution in [0.1, 0.15) is 17.3 Å². The highest BCUT2D eigenvalue weighted by Gasteiger charge is 2.09. The number of halogens is 1. The molecule has 0 saturated heterocycles. The summed E-state index contributed by atoms with van der Waals surface area (Å²) in [5.74, 6) is -0.989. The van der Waals surface area contributed by atoms with Gasteiger partial charge in [0.2, 0.25) is 0 Å². The van der Waals surface area contributed by atoms with E-state index in [9.17, 15) is 4.79 Å². The van der Waals surface area contributed by atoms with E-state index in [-0.39, 0.29) is 5.56 Å². The molecule has 0 aliphatic carbocycles. The number of rotatable bonds is 7. The summed E-state index contributed by atoms with van der Waals surface area (Å²) < 4.78 is 5.30. The molecular formula is C13H16ClNO3. The summed E-state index contributed by atoms with van der Waals surface area (Å²) in [6.45, 7) is 7.08.